The van der Waals surface area contributed by atoms with Crippen molar-refractivity contribution in [2.75, 3.05) is 19.6 Å². The number of piperidine rings is 3. The van der Waals surface area contributed by atoms with E-state index in [2.05, 4.69) is 29.2 Å². The number of fused-ring (bicyclic) bond motifs is 3. The minimum atomic E-state index is -0.883. The van der Waals surface area contributed by atoms with Gasteiger partial charge in [-0.15, -0.1) is 17.0 Å². The fraction of sp³-hybridized carbons (Fsp3) is 0.429. The first-order chi connectivity index (χ1) is 11.3. The molecule has 128 valence electrons. The molecule has 2 aromatic carbocycles. The molecule has 0 aromatic heterocycles. The van der Waals surface area contributed by atoms with E-state index in [0.717, 1.165) is 30.0 Å². The summed E-state index contributed by atoms with van der Waals surface area (Å²) in [6.45, 7) is 3.64. The molecule has 1 unspecified atom stereocenters. The summed E-state index contributed by atoms with van der Waals surface area (Å²) in [6.07, 6.45) is 3.41. The molecule has 0 aliphatic carbocycles. The van der Waals surface area contributed by atoms with E-state index in [9.17, 15) is 5.11 Å². The van der Waals surface area contributed by atoms with Crippen LogP contribution in [0.5, 0.6) is 0 Å². The Kier molecular flexibility index (Phi) is 5.43. The van der Waals surface area contributed by atoms with Gasteiger partial charge in [0.05, 0.1) is 0 Å². The summed E-state index contributed by atoms with van der Waals surface area (Å²) in [6, 6.07) is 20.4. The first-order valence-electron chi connectivity index (χ1n) is 8.81. The highest BCUT2D eigenvalue weighted by atomic mass is 79.9. The van der Waals surface area contributed by atoms with Gasteiger partial charge >= 0.3 is 0 Å². The minimum absolute atomic E-state index is 0. The molecule has 3 heterocycles. The summed E-state index contributed by atoms with van der Waals surface area (Å²) >= 11 is 0. The monoisotopic (exact) mass is 387 g/mol. The zero-order chi connectivity index (χ0) is 15.7. The van der Waals surface area contributed by atoms with E-state index >= 15 is 0 Å². The van der Waals surface area contributed by atoms with Crippen molar-refractivity contribution >= 4 is 17.0 Å². The van der Waals surface area contributed by atoms with E-state index < -0.39 is 5.60 Å². The van der Waals surface area contributed by atoms with Crippen LogP contribution in [0.25, 0.3) is 0 Å². The maximum atomic E-state index is 11.7. The topological polar surface area (TPSA) is 23.5 Å². The standard InChI is InChI=1S/C21H25NO.BrH/c23-21(19-7-3-1-4-8-19,20-9-5-2-6-10-20)15-18-16-22-13-11-17(18)12-14-22;/h1-10,17-18,23H,11-16H2;1H. The van der Waals surface area contributed by atoms with Crippen molar-refractivity contribution in [2.24, 2.45) is 11.8 Å². The van der Waals surface area contributed by atoms with Crippen LogP contribution in [0.1, 0.15) is 30.4 Å². The maximum absolute atomic E-state index is 11.7. The van der Waals surface area contributed by atoms with Crippen LogP contribution in [0.2, 0.25) is 0 Å². The summed E-state index contributed by atoms with van der Waals surface area (Å²) < 4.78 is 0. The van der Waals surface area contributed by atoms with Gasteiger partial charge in [0.1, 0.15) is 5.60 Å². The van der Waals surface area contributed by atoms with Gasteiger partial charge in [0.2, 0.25) is 0 Å². The van der Waals surface area contributed by atoms with Gasteiger partial charge in [-0.05, 0) is 55.3 Å². The molecule has 1 N–H and O–H groups in total. The van der Waals surface area contributed by atoms with Gasteiger partial charge in [0.15, 0.2) is 0 Å². The van der Waals surface area contributed by atoms with Crippen LogP contribution in [0.3, 0.4) is 0 Å². The van der Waals surface area contributed by atoms with Crippen molar-refractivity contribution in [2.45, 2.75) is 24.9 Å². The molecule has 3 heteroatoms. The van der Waals surface area contributed by atoms with Crippen LogP contribution in [0.15, 0.2) is 60.7 Å². The van der Waals surface area contributed by atoms with Gasteiger partial charge < -0.3 is 10.0 Å². The smallest absolute Gasteiger partial charge is 0.115 e. The third-order valence-electron chi connectivity index (χ3n) is 5.85. The van der Waals surface area contributed by atoms with E-state index in [1.807, 2.05) is 36.4 Å². The Bertz CT molecular complexity index is 598. The van der Waals surface area contributed by atoms with Crippen LogP contribution >= 0.6 is 17.0 Å². The van der Waals surface area contributed by atoms with Crippen molar-refractivity contribution in [3.8, 4) is 0 Å². The average Bonchev–Trinajstić information content (AvgIpc) is 2.64. The molecule has 3 fully saturated rings. The predicted octanol–water partition coefficient (Wildman–Crippen LogP) is 4.23. The van der Waals surface area contributed by atoms with Crippen LogP contribution < -0.4 is 0 Å². The Morgan fingerprint density at radius 3 is 1.79 bits per heavy atom. The van der Waals surface area contributed by atoms with E-state index in [1.54, 1.807) is 0 Å². The lowest BCUT2D eigenvalue weighted by molar-refractivity contribution is -0.0135. The molecule has 2 bridgehead atoms. The van der Waals surface area contributed by atoms with Crippen LogP contribution in [-0.4, -0.2) is 29.6 Å². The number of benzene rings is 2. The number of nitrogens with zero attached hydrogens (tertiary/aromatic N) is 1. The Labute approximate surface area is 155 Å². The molecule has 2 nitrogen and oxygen atoms in total. The van der Waals surface area contributed by atoms with Gasteiger partial charge in [-0.25, -0.2) is 0 Å². The van der Waals surface area contributed by atoms with E-state index in [4.69, 9.17) is 0 Å². The molecule has 0 saturated carbocycles. The van der Waals surface area contributed by atoms with Crippen LogP contribution in [0.4, 0.5) is 0 Å². The lowest BCUT2D eigenvalue weighted by atomic mass is 9.70. The summed E-state index contributed by atoms with van der Waals surface area (Å²) in [5.74, 6) is 1.36. The fourth-order valence-electron chi connectivity index (χ4n) is 4.53. The quantitative estimate of drug-likeness (QED) is 0.847. The van der Waals surface area contributed by atoms with Crippen molar-refractivity contribution in [1.29, 1.82) is 0 Å². The zero-order valence-electron chi connectivity index (χ0n) is 14.0. The number of hydrogen-bond acceptors (Lipinski definition) is 2. The van der Waals surface area contributed by atoms with Crippen LogP contribution in [-0.2, 0) is 5.60 Å². The van der Waals surface area contributed by atoms with Crippen LogP contribution in [0, 0.1) is 11.8 Å². The second-order valence-corrected chi connectivity index (χ2v) is 7.19. The number of rotatable bonds is 4. The first kappa shape index (κ1) is 17.7. The number of halogens is 1. The molecular weight excluding hydrogens is 362 g/mol. The Hall–Kier alpha value is -1.16. The molecule has 1 atom stereocenters. The third-order valence-corrected chi connectivity index (χ3v) is 5.85. The summed E-state index contributed by atoms with van der Waals surface area (Å²) in [7, 11) is 0. The minimum Gasteiger partial charge on any atom is -0.380 e. The first-order valence-corrected chi connectivity index (χ1v) is 8.81. The highest BCUT2D eigenvalue weighted by Gasteiger charge is 2.41. The molecule has 0 amide bonds. The normalized spacial score (nSPS) is 26.0. The van der Waals surface area contributed by atoms with E-state index in [0.29, 0.717) is 5.92 Å². The second kappa shape index (κ2) is 7.38. The summed E-state index contributed by atoms with van der Waals surface area (Å²) in [5, 5.41) is 11.7. The van der Waals surface area contributed by atoms with Crippen molar-refractivity contribution in [1.82, 2.24) is 4.90 Å². The largest absolute Gasteiger partial charge is 0.380 e. The molecule has 3 aliphatic rings. The molecule has 24 heavy (non-hydrogen) atoms. The lowest BCUT2D eigenvalue weighted by Crippen LogP contribution is -2.49. The van der Waals surface area contributed by atoms with Gasteiger partial charge in [-0.2, -0.15) is 0 Å². The molecule has 0 radical (unpaired) electrons. The highest BCUT2D eigenvalue weighted by Crippen LogP contribution is 2.42. The molecule has 3 saturated heterocycles. The predicted molar refractivity (Wildman–Crippen MR) is 103 cm³/mol. The summed E-state index contributed by atoms with van der Waals surface area (Å²) in [4.78, 5) is 2.57. The molecular formula is C21H26BrNO. The molecule has 0 spiro atoms. The zero-order valence-corrected chi connectivity index (χ0v) is 15.7. The van der Waals surface area contributed by atoms with Gasteiger partial charge in [0.25, 0.3) is 0 Å². The second-order valence-electron chi connectivity index (χ2n) is 7.19. The lowest BCUT2D eigenvalue weighted by Gasteiger charge is -2.47. The van der Waals surface area contributed by atoms with Crippen molar-refractivity contribution in [3.05, 3.63) is 71.8 Å². The number of hydrogen-bond donors (Lipinski definition) is 1. The van der Waals surface area contributed by atoms with E-state index in [1.165, 1.54) is 25.9 Å². The number of aliphatic hydroxyl groups is 1. The fourth-order valence-corrected chi connectivity index (χ4v) is 4.53. The Morgan fingerprint density at radius 2 is 1.38 bits per heavy atom. The highest BCUT2D eigenvalue weighted by molar-refractivity contribution is 8.93. The summed E-state index contributed by atoms with van der Waals surface area (Å²) in [5.41, 5.74) is 1.15. The van der Waals surface area contributed by atoms with E-state index in [-0.39, 0.29) is 17.0 Å². The maximum Gasteiger partial charge on any atom is 0.115 e. The Morgan fingerprint density at radius 1 is 0.875 bits per heavy atom. The molecule has 5 rings (SSSR count). The average molecular weight is 388 g/mol. The van der Waals surface area contributed by atoms with Crippen molar-refractivity contribution < 1.29 is 5.11 Å². The Balaban J connectivity index is 0.00000169. The van der Waals surface area contributed by atoms with Gasteiger partial charge in [-0.3, -0.25) is 0 Å². The van der Waals surface area contributed by atoms with Gasteiger partial charge in [0, 0.05) is 6.54 Å². The SMILES string of the molecule is Br.OC(CC1CN2CCC1CC2)(c1ccccc1)c1ccccc1. The van der Waals surface area contributed by atoms with Crippen molar-refractivity contribution in [3.63, 3.8) is 0 Å². The van der Waals surface area contributed by atoms with Gasteiger partial charge in [-0.1, -0.05) is 60.7 Å². The third kappa shape index (κ3) is 3.30. The molecule has 3 aliphatic heterocycles. The molecule has 2 aromatic rings.